The maximum atomic E-state index is 12.8. The molecular formula is C21H26N2O7S. The second kappa shape index (κ2) is 9.52. The van der Waals surface area contributed by atoms with E-state index in [0.29, 0.717) is 12.8 Å². The molecule has 0 bridgehead atoms. The molecule has 2 aromatic rings. The Labute approximate surface area is 181 Å². The number of amides is 1. The summed E-state index contributed by atoms with van der Waals surface area (Å²) in [6.07, 6.45) is 0.729. The third-order valence-electron chi connectivity index (χ3n) is 5.21. The van der Waals surface area contributed by atoms with Crippen molar-refractivity contribution < 1.29 is 32.3 Å². The standard InChI is InChI=1S/C21H26N2O7S/c1-3-29-21(26)18-7-8-19(30-18)31(27,28)23-11-9-15(10-12-23)20(25)22-14(2)16-5-4-6-17(24)13-16/h4-8,13-15,24H,3,9-12H2,1-2H3,(H,22,25). The number of nitrogens with one attached hydrogen (secondary N) is 1. The van der Waals surface area contributed by atoms with Gasteiger partial charge in [0.05, 0.1) is 12.6 Å². The molecule has 2 heterocycles. The highest BCUT2D eigenvalue weighted by atomic mass is 32.2. The number of phenols is 1. The molecule has 10 heteroatoms. The predicted molar refractivity (Wildman–Crippen MR) is 111 cm³/mol. The molecule has 31 heavy (non-hydrogen) atoms. The molecule has 1 amide bonds. The Morgan fingerprint density at radius 3 is 2.61 bits per heavy atom. The Bertz CT molecular complexity index is 1040. The number of hydrogen-bond donors (Lipinski definition) is 2. The van der Waals surface area contributed by atoms with Gasteiger partial charge in [0.25, 0.3) is 10.0 Å². The monoisotopic (exact) mass is 450 g/mol. The van der Waals surface area contributed by atoms with E-state index >= 15 is 0 Å². The van der Waals surface area contributed by atoms with Crippen molar-refractivity contribution >= 4 is 21.9 Å². The molecule has 1 saturated heterocycles. The molecule has 1 aromatic carbocycles. The summed E-state index contributed by atoms with van der Waals surface area (Å²) in [4.78, 5) is 24.3. The number of furan rings is 1. The van der Waals surface area contributed by atoms with Gasteiger partial charge in [0, 0.05) is 19.0 Å². The van der Waals surface area contributed by atoms with Gasteiger partial charge in [0.15, 0.2) is 0 Å². The average Bonchev–Trinajstić information content (AvgIpc) is 3.25. The number of hydrogen-bond acceptors (Lipinski definition) is 7. The van der Waals surface area contributed by atoms with E-state index in [9.17, 15) is 23.1 Å². The van der Waals surface area contributed by atoms with Gasteiger partial charge < -0.3 is 19.6 Å². The summed E-state index contributed by atoms with van der Waals surface area (Å²) >= 11 is 0. The minimum atomic E-state index is -3.91. The highest BCUT2D eigenvalue weighted by Crippen LogP contribution is 2.26. The number of ether oxygens (including phenoxy) is 1. The Morgan fingerprint density at radius 2 is 1.97 bits per heavy atom. The van der Waals surface area contributed by atoms with Crippen LogP contribution in [0.3, 0.4) is 0 Å². The second-order valence-electron chi connectivity index (χ2n) is 7.34. The zero-order valence-electron chi connectivity index (χ0n) is 17.4. The van der Waals surface area contributed by atoms with Crippen LogP contribution < -0.4 is 5.32 Å². The number of esters is 1. The molecular weight excluding hydrogens is 424 g/mol. The van der Waals surface area contributed by atoms with Crippen molar-refractivity contribution in [1.82, 2.24) is 9.62 Å². The van der Waals surface area contributed by atoms with Gasteiger partial charge in [-0.3, -0.25) is 4.79 Å². The number of piperidine rings is 1. The van der Waals surface area contributed by atoms with E-state index in [0.717, 1.165) is 5.56 Å². The van der Waals surface area contributed by atoms with E-state index in [2.05, 4.69) is 5.32 Å². The first-order valence-electron chi connectivity index (χ1n) is 10.1. The molecule has 1 aliphatic rings. The molecule has 0 aliphatic carbocycles. The Kier molecular flexibility index (Phi) is 7.01. The first-order chi connectivity index (χ1) is 14.7. The lowest BCUT2D eigenvalue weighted by Crippen LogP contribution is -2.43. The van der Waals surface area contributed by atoms with Crippen molar-refractivity contribution in [2.75, 3.05) is 19.7 Å². The van der Waals surface area contributed by atoms with Crippen LogP contribution in [0, 0.1) is 5.92 Å². The normalized spacial score (nSPS) is 16.6. The zero-order chi connectivity index (χ0) is 22.6. The van der Waals surface area contributed by atoms with Crippen LogP contribution in [-0.2, 0) is 19.6 Å². The molecule has 168 valence electrons. The highest BCUT2D eigenvalue weighted by molar-refractivity contribution is 7.89. The summed E-state index contributed by atoms with van der Waals surface area (Å²) in [6.45, 7) is 3.95. The lowest BCUT2D eigenvalue weighted by atomic mass is 9.96. The molecule has 2 N–H and O–H groups in total. The number of carbonyl (C=O) groups excluding carboxylic acids is 2. The minimum absolute atomic E-state index is 0.126. The number of phenolic OH excluding ortho intramolecular Hbond substituents is 1. The van der Waals surface area contributed by atoms with Crippen molar-refractivity contribution in [3.63, 3.8) is 0 Å². The van der Waals surface area contributed by atoms with E-state index in [1.54, 1.807) is 25.1 Å². The zero-order valence-corrected chi connectivity index (χ0v) is 18.2. The Morgan fingerprint density at radius 1 is 1.26 bits per heavy atom. The third kappa shape index (κ3) is 5.26. The fourth-order valence-corrected chi connectivity index (χ4v) is 4.85. The fourth-order valence-electron chi connectivity index (χ4n) is 3.47. The van der Waals surface area contributed by atoms with Gasteiger partial charge in [-0.15, -0.1) is 0 Å². The van der Waals surface area contributed by atoms with Crippen LogP contribution in [0.5, 0.6) is 5.75 Å². The van der Waals surface area contributed by atoms with E-state index in [4.69, 9.17) is 9.15 Å². The lowest BCUT2D eigenvalue weighted by molar-refractivity contribution is -0.126. The molecule has 1 aliphatic heterocycles. The van der Waals surface area contributed by atoms with Gasteiger partial charge in [-0.1, -0.05) is 12.1 Å². The van der Waals surface area contributed by atoms with E-state index in [1.165, 1.54) is 16.4 Å². The smallest absolute Gasteiger partial charge is 0.374 e. The molecule has 9 nitrogen and oxygen atoms in total. The predicted octanol–water partition coefficient (Wildman–Crippen LogP) is 2.44. The molecule has 1 aromatic heterocycles. The molecule has 1 unspecified atom stereocenters. The number of rotatable bonds is 7. The Balaban J connectivity index is 1.58. The number of benzene rings is 1. The van der Waals surface area contributed by atoms with Gasteiger partial charge in [-0.25, -0.2) is 13.2 Å². The van der Waals surface area contributed by atoms with Crippen LogP contribution in [0.15, 0.2) is 45.9 Å². The van der Waals surface area contributed by atoms with Crippen LogP contribution in [-0.4, -0.2) is 49.4 Å². The van der Waals surface area contributed by atoms with Crippen LogP contribution in [0.25, 0.3) is 0 Å². The summed E-state index contributed by atoms with van der Waals surface area (Å²) in [5, 5.41) is 12.2. The van der Waals surface area contributed by atoms with Crippen LogP contribution in [0.2, 0.25) is 0 Å². The van der Waals surface area contributed by atoms with Crippen molar-refractivity contribution in [3.05, 3.63) is 47.7 Å². The number of nitrogens with zero attached hydrogens (tertiary/aromatic N) is 1. The van der Waals surface area contributed by atoms with Crippen LogP contribution >= 0.6 is 0 Å². The minimum Gasteiger partial charge on any atom is -0.508 e. The number of sulfonamides is 1. The SMILES string of the molecule is CCOC(=O)c1ccc(S(=O)(=O)N2CCC(C(=O)NC(C)c3cccc(O)c3)CC2)o1. The van der Waals surface area contributed by atoms with E-state index < -0.39 is 16.0 Å². The van der Waals surface area contributed by atoms with Crippen molar-refractivity contribution in [2.45, 2.75) is 37.8 Å². The topological polar surface area (TPSA) is 126 Å². The number of aromatic hydroxyl groups is 1. The third-order valence-corrected chi connectivity index (χ3v) is 6.98. The first kappa shape index (κ1) is 22.8. The molecule has 3 rings (SSSR count). The lowest BCUT2D eigenvalue weighted by Gasteiger charge is -2.30. The largest absolute Gasteiger partial charge is 0.508 e. The van der Waals surface area contributed by atoms with Gasteiger partial charge >= 0.3 is 5.97 Å². The molecule has 0 saturated carbocycles. The van der Waals surface area contributed by atoms with E-state index in [1.807, 2.05) is 13.0 Å². The fraction of sp³-hybridized carbons (Fsp3) is 0.429. The number of carbonyl (C=O) groups is 2. The van der Waals surface area contributed by atoms with Crippen LogP contribution in [0.1, 0.15) is 48.8 Å². The van der Waals surface area contributed by atoms with Gasteiger partial charge in [-0.2, -0.15) is 4.31 Å². The maximum absolute atomic E-state index is 12.8. The van der Waals surface area contributed by atoms with Gasteiger partial charge in [0.1, 0.15) is 5.75 Å². The molecule has 1 fully saturated rings. The summed E-state index contributed by atoms with van der Waals surface area (Å²) in [5.74, 6) is -1.25. The average molecular weight is 451 g/mol. The molecule has 0 spiro atoms. The van der Waals surface area contributed by atoms with Gasteiger partial charge in [0.2, 0.25) is 16.8 Å². The van der Waals surface area contributed by atoms with Crippen molar-refractivity contribution in [1.29, 1.82) is 0 Å². The molecule has 1 atom stereocenters. The summed E-state index contributed by atoms with van der Waals surface area (Å²) < 4.78 is 36.9. The second-order valence-corrected chi connectivity index (χ2v) is 9.21. The van der Waals surface area contributed by atoms with Crippen molar-refractivity contribution in [2.24, 2.45) is 5.92 Å². The first-order valence-corrected chi connectivity index (χ1v) is 11.5. The summed E-state index contributed by atoms with van der Waals surface area (Å²) in [7, 11) is -3.91. The quantitative estimate of drug-likeness (QED) is 0.621. The van der Waals surface area contributed by atoms with E-state index in [-0.39, 0.29) is 54.2 Å². The van der Waals surface area contributed by atoms with Crippen molar-refractivity contribution in [3.8, 4) is 5.75 Å². The Hall–Kier alpha value is -2.85. The maximum Gasteiger partial charge on any atom is 0.374 e. The summed E-state index contributed by atoms with van der Waals surface area (Å²) in [6, 6.07) is 8.89. The van der Waals surface area contributed by atoms with Crippen LogP contribution in [0.4, 0.5) is 0 Å². The highest BCUT2D eigenvalue weighted by Gasteiger charge is 2.34. The summed E-state index contributed by atoms with van der Waals surface area (Å²) in [5.41, 5.74) is 0.781. The molecule has 0 radical (unpaired) electrons. The van der Waals surface area contributed by atoms with Gasteiger partial charge in [-0.05, 0) is 56.5 Å².